The third kappa shape index (κ3) is 8.59. The Kier molecular flexibility index (Phi) is 13.5. The zero-order chi connectivity index (χ0) is 15.5. The van der Waals surface area contributed by atoms with E-state index in [0.29, 0.717) is 5.03 Å². The van der Waals surface area contributed by atoms with Crippen molar-refractivity contribution in [1.29, 1.82) is 0 Å². The van der Waals surface area contributed by atoms with Gasteiger partial charge in [0, 0.05) is 5.03 Å². The first-order valence-corrected chi connectivity index (χ1v) is 9.46. The minimum atomic E-state index is -0.489. The summed E-state index contributed by atoms with van der Waals surface area (Å²) in [6.07, 6.45) is 10.00. The van der Waals surface area contributed by atoms with Gasteiger partial charge in [0.15, 0.2) is 0 Å². The third-order valence-electron chi connectivity index (χ3n) is 3.30. The summed E-state index contributed by atoms with van der Waals surface area (Å²) in [5, 5.41) is -1.000. The molecule has 0 nitrogen and oxygen atoms in total. The zero-order valence-corrected chi connectivity index (χ0v) is 16.0. The zero-order valence-electron chi connectivity index (χ0n) is 12.2. The van der Waals surface area contributed by atoms with Gasteiger partial charge in [-0.3, -0.25) is 0 Å². The van der Waals surface area contributed by atoms with E-state index in [1.54, 1.807) is 6.08 Å². The van der Waals surface area contributed by atoms with Gasteiger partial charge < -0.3 is 0 Å². The van der Waals surface area contributed by atoms with Crippen LogP contribution in [0.2, 0.25) is 0 Å². The van der Waals surface area contributed by atoms with Crippen LogP contribution in [0.1, 0.15) is 58.8 Å². The number of unbranched alkanes of at least 4 members (excludes halogenated alkanes) is 5. The average molecular weight is 383 g/mol. The van der Waals surface area contributed by atoms with Crippen molar-refractivity contribution < 1.29 is 0 Å². The van der Waals surface area contributed by atoms with Crippen LogP contribution in [0, 0.1) is 0 Å². The quantitative estimate of drug-likeness (QED) is 0.259. The number of rotatable bonds is 11. The first kappa shape index (κ1) is 21.2. The van der Waals surface area contributed by atoms with E-state index in [1.807, 2.05) is 6.92 Å². The standard InChI is InChI=1S/C15H25Cl5/c1-3-5-6-7-8-9-10-12(17)14(19)15(20)13(18)11(16)4-2/h4,12-15H,3,5-10H2,1-2H3. The van der Waals surface area contributed by atoms with Crippen molar-refractivity contribution in [3.05, 3.63) is 11.1 Å². The molecule has 4 unspecified atom stereocenters. The molecule has 0 saturated carbocycles. The average Bonchev–Trinajstić information content (AvgIpc) is 2.47. The molecule has 5 heteroatoms. The lowest BCUT2D eigenvalue weighted by Crippen LogP contribution is -2.32. The van der Waals surface area contributed by atoms with E-state index in [4.69, 9.17) is 58.0 Å². The molecule has 0 aromatic carbocycles. The Balaban J connectivity index is 3.98. The Hall–Kier alpha value is 1.19. The van der Waals surface area contributed by atoms with Crippen LogP contribution in [0.25, 0.3) is 0 Å². The second-order valence-electron chi connectivity index (χ2n) is 5.04. The maximum absolute atomic E-state index is 6.32. The molecule has 0 aromatic rings. The van der Waals surface area contributed by atoms with E-state index >= 15 is 0 Å². The van der Waals surface area contributed by atoms with Crippen LogP contribution in [0.4, 0.5) is 0 Å². The second kappa shape index (κ2) is 12.7. The number of allylic oxidation sites excluding steroid dienone is 2. The largest absolute Gasteiger partial charge is 0.121 e. The molecule has 120 valence electrons. The summed E-state index contributed by atoms with van der Waals surface area (Å²) in [6.45, 7) is 4.03. The van der Waals surface area contributed by atoms with Crippen molar-refractivity contribution >= 4 is 58.0 Å². The molecule has 0 saturated heterocycles. The highest BCUT2D eigenvalue weighted by Crippen LogP contribution is 2.31. The molecule has 0 heterocycles. The van der Waals surface area contributed by atoms with Gasteiger partial charge >= 0.3 is 0 Å². The SMILES string of the molecule is CC=C(Cl)C(Cl)C(Cl)C(Cl)C(Cl)CCCCCCCC. The number of alkyl halides is 4. The predicted molar refractivity (Wildman–Crippen MR) is 96.2 cm³/mol. The first-order valence-electron chi connectivity index (χ1n) is 7.33. The topological polar surface area (TPSA) is 0 Å². The smallest absolute Gasteiger partial charge is 0.0867 e. The highest BCUT2D eigenvalue weighted by atomic mass is 35.5. The van der Waals surface area contributed by atoms with Crippen LogP contribution in [-0.4, -0.2) is 21.5 Å². The number of hydrogen-bond acceptors (Lipinski definition) is 0. The normalized spacial score (nSPS) is 18.6. The van der Waals surface area contributed by atoms with E-state index in [0.717, 1.165) is 12.8 Å². The summed E-state index contributed by atoms with van der Waals surface area (Å²) in [4.78, 5) is 0. The van der Waals surface area contributed by atoms with Gasteiger partial charge in [-0.2, -0.15) is 0 Å². The van der Waals surface area contributed by atoms with Crippen molar-refractivity contribution in [2.45, 2.75) is 80.3 Å². The fraction of sp³-hybridized carbons (Fsp3) is 0.867. The third-order valence-corrected chi connectivity index (χ3v) is 6.35. The molecule has 0 spiro atoms. The summed E-state index contributed by atoms with van der Waals surface area (Å²) < 4.78 is 0. The molecule has 0 aromatic heterocycles. The predicted octanol–water partition coefficient (Wildman–Crippen LogP) is 7.31. The lowest BCUT2D eigenvalue weighted by atomic mass is 10.0. The molecule has 0 fully saturated rings. The summed E-state index contributed by atoms with van der Waals surface area (Å²) in [5.41, 5.74) is 0. The van der Waals surface area contributed by atoms with E-state index in [1.165, 1.54) is 32.1 Å². The van der Waals surface area contributed by atoms with Gasteiger partial charge in [0.1, 0.15) is 0 Å². The van der Waals surface area contributed by atoms with Gasteiger partial charge in [0.05, 0.1) is 21.5 Å². The van der Waals surface area contributed by atoms with Crippen LogP contribution < -0.4 is 0 Å². The van der Waals surface area contributed by atoms with Crippen LogP contribution >= 0.6 is 58.0 Å². The summed E-state index contributed by atoms with van der Waals surface area (Å²) in [7, 11) is 0. The lowest BCUT2D eigenvalue weighted by Gasteiger charge is -2.24. The Labute approximate surface area is 149 Å². The second-order valence-corrected chi connectivity index (χ2v) is 7.51. The minimum absolute atomic E-state index is 0.173. The van der Waals surface area contributed by atoms with Crippen molar-refractivity contribution in [1.82, 2.24) is 0 Å². The van der Waals surface area contributed by atoms with Crippen molar-refractivity contribution in [3.8, 4) is 0 Å². The summed E-state index contributed by atoms with van der Waals surface area (Å²) in [5.74, 6) is 0. The molecule has 0 bridgehead atoms. The van der Waals surface area contributed by atoms with Gasteiger partial charge in [-0.25, -0.2) is 0 Å². The fourth-order valence-electron chi connectivity index (χ4n) is 1.95. The maximum Gasteiger partial charge on any atom is 0.0867 e. The van der Waals surface area contributed by atoms with Crippen molar-refractivity contribution in [2.75, 3.05) is 0 Å². The molecule has 0 N–H and O–H groups in total. The molecule has 0 amide bonds. The van der Waals surface area contributed by atoms with Crippen molar-refractivity contribution in [3.63, 3.8) is 0 Å². The van der Waals surface area contributed by atoms with E-state index < -0.39 is 10.8 Å². The van der Waals surface area contributed by atoms with E-state index in [9.17, 15) is 0 Å². The van der Waals surface area contributed by atoms with Gasteiger partial charge in [0.25, 0.3) is 0 Å². The molecular weight excluding hydrogens is 357 g/mol. The molecule has 0 rings (SSSR count). The van der Waals surface area contributed by atoms with Crippen LogP contribution in [0.5, 0.6) is 0 Å². The molecule has 20 heavy (non-hydrogen) atoms. The Bertz CT molecular complexity index is 267. The molecule has 0 aliphatic rings. The van der Waals surface area contributed by atoms with Gasteiger partial charge in [-0.15, -0.1) is 46.4 Å². The molecule has 0 aliphatic carbocycles. The number of halogens is 5. The van der Waals surface area contributed by atoms with E-state index in [2.05, 4.69) is 6.92 Å². The molecular formula is C15H25Cl5. The maximum atomic E-state index is 6.32. The lowest BCUT2D eigenvalue weighted by molar-refractivity contribution is 0.566. The van der Waals surface area contributed by atoms with E-state index in [-0.39, 0.29) is 10.8 Å². The molecule has 0 aliphatic heterocycles. The van der Waals surface area contributed by atoms with Crippen LogP contribution in [0.15, 0.2) is 11.1 Å². The molecule has 0 radical (unpaired) electrons. The van der Waals surface area contributed by atoms with Crippen LogP contribution in [-0.2, 0) is 0 Å². The summed E-state index contributed by atoms with van der Waals surface area (Å²) in [6, 6.07) is 0. The summed E-state index contributed by atoms with van der Waals surface area (Å²) >= 11 is 31.0. The first-order chi connectivity index (χ1) is 9.45. The van der Waals surface area contributed by atoms with Gasteiger partial charge in [0.2, 0.25) is 0 Å². The fourth-order valence-corrected chi connectivity index (χ4v) is 3.48. The van der Waals surface area contributed by atoms with Crippen molar-refractivity contribution in [2.24, 2.45) is 0 Å². The monoisotopic (exact) mass is 380 g/mol. The Morgan fingerprint density at radius 3 is 2.00 bits per heavy atom. The van der Waals surface area contributed by atoms with Gasteiger partial charge in [-0.05, 0) is 13.3 Å². The number of hydrogen-bond donors (Lipinski definition) is 0. The van der Waals surface area contributed by atoms with Crippen LogP contribution in [0.3, 0.4) is 0 Å². The Morgan fingerprint density at radius 1 is 0.900 bits per heavy atom. The molecule has 4 atom stereocenters. The highest BCUT2D eigenvalue weighted by Gasteiger charge is 2.31. The Morgan fingerprint density at radius 2 is 1.45 bits per heavy atom. The highest BCUT2D eigenvalue weighted by molar-refractivity contribution is 6.43. The minimum Gasteiger partial charge on any atom is -0.121 e. The van der Waals surface area contributed by atoms with Gasteiger partial charge in [-0.1, -0.05) is 63.1 Å².